The third-order valence-electron chi connectivity index (χ3n) is 1.92. The molecule has 0 heterocycles. The van der Waals surface area contributed by atoms with Gasteiger partial charge in [-0.2, -0.15) is 0 Å². The zero-order valence-corrected chi connectivity index (χ0v) is 9.37. The van der Waals surface area contributed by atoms with E-state index < -0.39 is 0 Å². The van der Waals surface area contributed by atoms with Gasteiger partial charge in [-0.1, -0.05) is 59.7 Å². The Morgan fingerprint density at radius 3 is 1.44 bits per heavy atom. The maximum Gasteiger partial charge on any atom is 2.00 e. The molecule has 0 aliphatic rings. The van der Waals surface area contributed by atoms with Crippen molar-refractivity contribution in [1.29, 1.82) is 0 Å². The minimum Gasteiger partial charge on any atom is -0.872 e. The molecule has 0 N–H and O–H groups in total. The molecule has 2 aromatic rings. The van der Waals surface area contributed by atoms with E-state index in [9.17, 15) is 10.2 Å². The molecule has 4 heteroatoms. The predicted molar refractivity (Wildman–Crippen MR) is 61.7 cm³/mol. The summed E-state index contributed by atoms with van der Waals surface area (Å²) in [5.74, 6) is -0.100. The van der Waals surface area contributed by atoms with Gasteiger partial charge in [0.15, 0.2) is 0 Å². The van der Waals surface area contributed by atoms with Crippen LogP contribution in [0.1, 0.15) is 0 Å². The molecule has 2 aromatic carbocycles. The fourth-order valence-corrected chi connectivity index (χ4v) is 2.05. The molecular formula is C12H8BeO2S. The van der Waals surface area contributed by atoms with Gasteiger partial charge in [0.25, 0.3) is 0 Å². The van der Waals surface area contributed by atoms with Crippen molar-refractivity contribution < 1.29 is 10.2 Å². The summed E-state index contributed by atoms with van der Waals surface area (Å²) in [6, 6.07) is 13.4. The molecule has 0 unspecified atom stereocenters. The van der Waals surface area contributed by atoms with E-state index in [1.807, 2.05) is 0 Å². The number of hydrogen-bond donors (Lipinski definition) is 0. The minimum atomic E-state index is -0.0502. The molecule has 0 spiro atoms. The Kier molecular flexibility index (Phi) is 4.41. The van der Waals surface area contributed by atoms with Crippen LogP contribution in [0.15, 0.2) is 58.3 Å². The second kappa shape index (κ2) is 5.59. The van der Waals surface area contributed by atoms with Gasteiger partial charge in [-0.3, -0.25) is 0 Å². The number of rotatable bonds is 2. The topological polar surface area (TPSA) is 46.1 Å². The predicted octanol–water partition coefficient (Wildman–Crippen LogP) is 1.60. The van der Waals surface area contributed by atoms with E-state index in [1.54, 1.807) is 36.4 Å². The average molecular weight is 225 g/mol. The molecule has 0 aliphatic carbocycles. The van der Waals surface area contributed by atoms with E-state index in [0.29, 0.717) is 9.79 Å². The monoisotopic (exact) mass is 225 g/mol. The van der Waals surface area contributed by atoms with Crippen LogP contribution in [0.4, 0.5) is 0 Å². The summed E-state index contributed by atoms with van der Waals surface area (Å²) in [7, 11) is 0. The average Bonchev–Trinajstić information content (AvgIpc) is 2.24. The molecule has 0 amide bonds. The quantitative estimate of drug-likeness (QED) is 0.729. The fourth-order valence-electron chi connectivity index (χ4n) is 1.19. The Hall–Kier alpha value is -1.44. The van der Waals surface area contributed by atoms with Crippen LogP contribution in [-0.4, -0.2) is 10.1 Å². The summed E-state index contributed by atoms with van der Waals surface area (Å²) >= 11 is 1.22. The van der Waals surface area contributed by atoms with E-state index in [1.165, 1.54) is 23.9 Å². The Balaban J connectivity index is 0.00000128. The Labute approximate surface area is 102 Å². The first kappa shape index (κ1) is 12.6. The van der Waals surface area contributed by atoms with Crippen molar-refractivity contribution in [2.45, 2.75) is 9.79 Å². The Morgan fingerprint density at radius 1 is 0.688 bits per heavy atom. The van der Waals surface area contributed by atoms with Crippen molar-refractivity contribution in [2.24, 2.45) is 0 Å². The van der Waals surface area contributed by atoms with E-state index in [2.05, 4.69) is 0 Å². The van der Waals surface area contributed by atoms with Crippen LogP contribution >= 0.6 is 11.8 Å². The van der Waals surface area contributed by atoms with Crippen molar-refractivity contribution in [3.63, 3.8) is 0 Å². The third-order valence-corrected chi connectivity index (χ3v) is 3.03. The SMILES string of the molecule is [Be+2].[O-]c1ccccc1Sc1ccccc1[O-]. The van der Waals surface area contributed by atoms with Crippen molar-refractivity contribution in [3.8, 4) is 11.5 Å². The first-order chi connectivity index (χ1) is 7.27. The molecular weight excluding hydrogens is 217 g/mol. The minimum absolute atomic E-state index is 0. The summed E-state index contributed by atoms with van der Waals surface area (Å²) < 4.78 is 0. The van der Waals surface area contributed by atoms with Crippen LogP contribution in [0.3, 0.4) is 0 Å². The van der Waals surface area contributed by atoms with Gasteiger partial charge >= 0.3 is 10.1 Å². The third kappa shape index (κ3) is 2.78. The normalized spacial score (nSPS) is 9.50. The first-order valence-corrected chi connectivity index (χ1v) is 5.29. The Bertz CT molecular complexity index is 431. The van der Waals surface area contributed by atoms with E-state index >= 15 is 0 Å². The molecule has 76 valence electrons. The van der Waals surface area contributed by atoms with Crippen molar-refractivity contribution in [2.75, 3.05) is 0 Å². The maximum absolute atomic E-state index is 11.4. The van der Waals surface area contributed by atoms with Gasteiger partial charge < -0.3 is 10.2 Å². The van der Waals surface area contributed by atoms with Crippen LogP contribution < -0.4 is 10.2 Å². The summed E-state index contributed by atoms with van der Waals surface area (Å²) in [4.78, 5) is 1.17. The van der Waals surface area contributed by atoms with Gasteiger partial charge in [0.05, 0.1) is 0 Å². The zero-order valence-electron chi connectivity index (χ0n) is 8.55. The summed E-state index contributed by atoms with van der Waals surface area (Å²) in [5.41, 5.74) is 0. The standard InChI is InChI=1S/C12H10O2S.Be/c13-9-5-1-3-7-11(9)15-12-8-4-2-6-10(12)14;/h1-8,13-14H;/q;+2/p-2. The second-order valence-corrected chi connectivity index (χ2v) is 4.08. The molecule has 0 bridgehead atoms. The first-order valence-electron chi connectivity index (χ1n) is 4.47. The molecule has 0 aromatic heterocycles. The maximum atomic E-state index is 11.4. The smallest absolute Gasteiger partial charge is 0.872 e. The molecule has 0 fully saturated rings. The van der Waals surface area contributed by atoms with Crippen LogP contribution in [0.5, 0.6) is 11.5 Å². The van der Waals surface area contributed by atoms with Crippen LogP contribution in [0.2, 0.25) is 0 Å². The fraction of sp³-hybridized carbons (Fsp3) is 0. The van der Waals surface area contributed by atoms with Crippen LogP contribution in [0.25, 0.3) is 0 Å². The summed E-state index contributed by atoms with van der Waals surface area (Å²) in [6.45, 7) is 0. The second-order valence-electron chi connectivity index (χ2n) is 3.00. The van der Waals surface area contributed by atoms with Gasteiger partial charge in [0, 0.05) is 9.79 Å². The van der Waals surface area contributed by atoms with Gasteiger partial charge in [-0.25, -0.2) is 0 Å². The molecule has 0 saturated carbocycles. The van der Waals surface area contributed by atoms with Crippen molar-refractivity contribution in [1.82, 2.24) is 0 Å². The molecule has 0 atom stereocenters. The molecule has 0 aliphatic heterocycles. The Morgan fingerprint density at radius 2 is 1.06 bits per heavy atom. The van der Waals surface area contributed by atoms with Gasteiger partial charge in [0.1, 0.15) is 0 Å². The van der Waals surface area contributed by atoms with Gasteiger partial charge in [0.2, 0.25) is 0 Å². The van der Waals surface area contributed by atoms with Crippen molar-refractivity contribution >= 4 is 21.9 Å². The number of para-hydroxylation sites is 2. The molecule has 0 radical (unpaired) electrons. The molecule has 0 saturated heterocycles. The largest absolute Gasteiger partial charge is 2.00 e. The summed E-state index contributed by atoms with van der Waals surface area (Å²) in [5, 5.41) is 22.8. The molecule has 2 nitrogen and oxygen atoms in total. The van der Waals surface area contributed by atoms with E-state index in [-0.39, 0.29) is 21.6 Å². The van der Waals surface area contributed by atoms with E-state index in [0.717, 1.165) is 0 Å². The number of hydrogen-bond acceptors (Lipinski definition) is 3. The van der Waals surface area contributed by atoms with Crippen LogP contribution in [-0.2, 0) is 0 Å². The van der Waals surface area contributed by atoms with Crippen molar-refractivity contribution in [3.05, 3.63) is 48.5 Å². The molecule has 2 rings (SSSR count). The number of benzene rings is 2. The van der Waals surface area contributed by atoms with Gasteiger partial charge in [-0.05, 0) is 12.1 Å². The van der Waals surface area contributed by atoms with Crippen LogP contribution in [0, 0.1) is 0 Å². The van der Waals surface area contributed by atoms with E-state index in [4.69, 9.17) is 0 Å². The molecule has 16 heavy (non-hydrogen) atoms. The summed E-state index contributed by atoms with van der Waals surface area (Å²) in [6.07, 6.45) is 0. The van der Waals surface area contributed by atoms with Gasteiger partial charge in [-0.15, -0.1) is 0 Å². The zero-order chi connectivity index (χ0) is 10.7.